The zero-order valence-corrected chi connectivity index (χ0v) is 17.9. The Kier molecular flexibility index (Phi) is 8.22. The number of ether oxygens (including phenoxy) is 1. The lowest BCUT2D eigenvalue weighted by Gasteiger charge is -2.26. The maximum Gasteiger partial charge on any atom is 0.251 e. The molecule has 1 heterocycles. The molecule has 0 unspecified atom stereocenters. The average molecular weight is 460 g/mol. The van der Waals surface area contributed by atoms with Crippen molar-refractivity contribution in [3.8, 4) is 0 Å². The summed E-state index contributed by atoms with van der Waals surface area (Å²) in [5.41, 5.74) is 2.59. The van der Waals surface area contributed by atoms with Crippen LogP contribution in [-0.4, -0.2) is 56.1 Å². The fraction of sp³-hybridized carbons (Fsp3) is 0.364. The Morgan fingerprint density at radius 1 is 1.00 bits per heavy atom. The van der Waals surface area contributed by atoms with E-state index in [0.29, 0.717) is 12.1 Å². The van der Waals surface area contributed by atoms with Crippen molar-refractivity contribution in [2.75, 3.05) is 44.7 Å². The van der Waals surface area contributed by atoms with Gasteiger partial charge in [0.25, 0.3) is 5.91 Å². The molecule has 2 aromatic carbocycles. The summed E-state index contributed by atoms with van der Waals surface area (Å²) in [6, 6.07) is 15.0. The topological polar surface area (TPSA) is 70.7 Å². The van der Waals surface area contributed by atoms with E-state index in [-0.39, 0.29) is 18.2 Å². The molecular weight excluding hydrogens is 434 g/mol. The number of nitrogens with one attached hydrogen (secondary N) is 2. The maximum absolute atomic E-state index is 12.1. The Morgan fingerprint density at radius 3 is 2.38 bits per heavy atom. The van der Waals surface area contributed by atoms with Crippen LogP contribution in [0.2, 0.25) is 0 Å². The number of carbonyl (C=O) groups is 2. The highest BCUT2D eigenvalue weighted by Crippen LogP contribution is 2.12. The van der Waals surface area contributed by atoms with Gasteiger partial charge in [-0.2, -0.15) is 0 Å². The van der Waals surface area contributed by atoms with Crippen molar-refractivity contribution in [1.29, 1.82) is 0 Å². The number of amides is 2. The van der Waals surface area contributed by atoms with Gasteiger partial charge in [-0.15, -0.1) is 0 Å². The highest BCUT2D eigenvalue weighted by molar-refractivity contribution is 9.10. The van der Waals surface area contributed by atoms with Gasteiger partial charge in [0.1, 0.15) is 0 Å². The Morgan fingerprint density at radius 2 is 1.69 bits per heavy atom. The van der Waals surface area contributed by atoms with Crippen molar-refractivity contribution in [3.05, 3.63) is 64.1 Å². The molecule has 3 rings (SSSR count). The van der Waals surface area contributed by atoms with Crippen LogP contribution in [0.3, 0.4) is 0 Å². The number of anilines is 1. The molecule has 0 radical (unpaired) electrons. The fourth-order valence-electron chi connectivity index (χ4n) is 3.08. The van der Waals surface area contributed by atoms with Crippen molar-refractivity contribution in [2.24, 2.45) is 0 Å². The summed E-state index contributed by atoms with van der Waals surface area (Å²) in [6.07, 6.45) is 1.21. The highest BCUT2D eigenvalue weighted by atomic mass is 79.9. The summed E-state index contributed by atoms with van der Waals surface area (Å²) in [6.45, 7) is 4.92. The fourth-order valence-corrected chi connectivity index (χ4v) is 3.35. The molecule has 0 atom stereocenters. The van der Waals surface area contributed by atoms with Crippen molar-refractivity contribution in [1.82, 2.24) is 10.2 Å². The third kappa shape index (κ3) is 7.27. The molecule has 1 saturated heterocycles. The minimum absolute atomic E-state index is 0.123. The highest BCUT2D eigenvalue weighted by Gasteiger charge is 2.10. The van der Waals surface area contributed by atoms with Crippen molar-refractivity contribution in [3.63, 3.8) is 0 Å². The summed E-state index contributed by atoms with van der Waals surface area (Å²) in [4.78, 5) is 26.6. The third-order valence-corrected chi connectivity index (χ3v) is 5.33. The zero-order valence-electron chi connectivity index (χ0n) is 16.3. The first-order chi connectivity index (χ1) is 14.1. The van der Waals surface area contributed by atoms with Crippen molar-refractivity contribution >= 4 is 33.4 Å². The molecule has 2 aromatic rings. The lowest BCUT2D eigenvalue weighted by Crippen LogP contribution is -2.37. The normalized spacial score (nSPS) is 14.4. The SMILES string of the molecule is O=C(CCNC(=O)c1ccc(Br)cc1)Nc1ccc(CCN2CCOCC2)cc1. The molecule has 0 aliphatic carbocycles. The van der Waals surface area contributed by atoms with Gasteiger partial charge in [0.05, 0.1) is 13.2 Å². The van der Waals surface area contributed by atoms with Gasteiger partial charge in [-0.3, -0.25) is 14.5 Å². The minimum atomic E-state index is -0.185. The molecule has 2 N–H and O–H groups in total. The van der Waals surface area contributed by atoms with Crippen LogP contribution in [0.4, 0.5) is 5.69 Å². The number of halogens is 1. The standard InChI is InChI=1S/C22H26BrN3O3/c23-19-5-3-18(4-6-19)22(28)24-11-9-21(27)25-20-7-1-17(2-8-20)10-12-26-13-15-29-16-14-26/h1-8H,9-16H2,(H,24,28)(H,25,27). The van der Waals surface area contributed by atoms with Gasteiger partial charge in [-0.25, -0.2) is 0 Å². The summed E-state index contributed by atoms with van der Waals surface area (Å²) in [5, 5.41) is 5.64. The molecule has 0 saturated carbocycles. The molecule has 0 spiro atoms. The Hall–Kier alpha value is -2.22. The summed E-state index contributed by atoms with van der Waals surface area (Å²) in [5.74, 6) is -0.308. The van der Waals surface area contributed by atoms with Crippen LogP contribution in [0.15, 0.2) is 53.0 Å². The smallest absolute Gasteiger partial charge is 0.251 e. The second-order valence-electron chi connectivity index (χ2n) is 6.96. The summed E-state index contributed by atoms with van der Waals surface area (Å²) in [7, 11) is 0. The largest absolute Gasteiger partial charge is 0.379 e. The number of nitrogens with zero attached hydrogens (tertiary/aromatic N) is 1. The first-order valence-electron chi connectivity index (χ1n) is 9.83. The van der Waals surface area contributed by atoms with E-state index < -0.39 is 0 Å². The van der Waals surface area contributed by atoms with Crippen molar-refractivity contribution < 1.29 is 14.3 Å². The van der Waals surface area contributed by atoms with E-state index >= 15 is 0 Å². The quantitative estimate of drug-likeness (QED) is 0.636. The van der Waals surface area contributed by atoms with Gasteiger partial charge in [-0.1, -0.05) is 28.1 Å². The van der Waals surface area contributed by atoms with Crippen LogP contribution in [0, 0.1) is 0 Å². The van der Waals surface area contributed by atoms with Gasteiger partial charge in [0.15, 0.2) is 0 Å². The second-order valence-corrected chi connectivity index (χ2v) is 7.88. The van der Waals surface area contributed by atoms with E-state index in [2.05, 4.69) is 31.5 Å². The number of rotatable bonds is 8. The Balaban J connectivity index is 1.36. The van der Waals surface area contributed by atoms with E-state index in [9.17, 15) is 9.59 Å². The van der Waals surface area contributed by atoms with Crippen molar-refractivity contribution in [2.45, 2.75) is 12.8 Å². The Labute approximate surface area is 179 Å². The van der Waals surface area contributed by atoms with Crippen LogP contribution in [0.5, 0.6) is 0 Å². The lowest BCUT2D eigenvalue weighted by molar-refractivity contribution is -0.116. The molecule has 1 fully saturated rings. The molecule has 29 heavy (non-hydrogen) atoms. The third-order valence-electron chi connectivity index (χ3n) is 4.80. The van der Waals surface area contributed by atoms with E-state index in [4.69, 9.17) is 4.74 Å². The zero-order chi connectivity index (χ0) is 20.5. The predicted molar refractivity (Wildman–Crippen MR) is 117 cm³/mol. The van der Waals surface area contributed by atoms with Crippen LogP contribution in [0.25, 0.3) is 0 Å². The molecule has 0 aromatic heterocycles. The molecule has 154 valence electrons. The molecule has 2 amide bonds. The molecule has 1 aliphatic heterocycles. The molecular formula is C22H26BrN3O3. The maximum atomic E-state index is 12.1. The number of hydrogen-bond donors (Lipinski definition) is 2. The summed E-state index contributed by atoms with van der Waals surface area (Å²) >= 11 is 3.34. The summed E-state index contributed by atoms with van der Waals surface area (Å²) < 4.78 is 6.28. The van der Waals surface area contributed by atoms with Gasteiger partial charge in [0.2, 0.25) is 5.91 Å². The average Bonchev–Trinajstić information content (AvgIpc) is 2.74. The molecule has 1 aliphatic rings. The Bertz CT molecular complexity index is 803. The lowest BCUT2D eigenvalue weighted by atomic mass is 10.1. The number of benzene rings is 2. The monoisotopic (exact) mass is 459 g/mol. The first kappa shape index (κ1) is 21.5. The van der Waals surface area contributed by atoms with Crippen LogP contribution >= 0.6 is 15.9 Å². The molecule has 6 nitrogen and oxygen atoms in total. The number of morpholine rings is 1. The molecule has 7 heteroatoms. The van der Waals surface area contributed by atoms with E-state index in [1.54, 1.807) is 12.1 Å². The van der Waals surface area contributed by atoms with Gasteiger partial charge in [-0.05, 0) is 48.4 Å². The second kappa shape index (κ2) is 11.1. The minimum Gasteiger partial charge on any atom is -0.379 e. The van der Waals surface area contributed by atoms with Crippen LogP contribution in [0.1, 0.15) is 22.3 Å². The number of carbonyl (C=O) groups excluding carboxylic acids is 2. The van der Waals surface area contributed by atoms with E-state index in [1.165, 1.54) is 5.56 Å². The van der Waals surface area contributed by atoms with E-state index in [0.717, 1.165) is 49.4 Å². The first-order valence-corrected chi connectivity index (χ1v) is 10.6. The van der Waals surface area contributed by atoms with Crippen LogP contribution in [-0.2, 0) is 16.0 Å². The predicted octanol–water partition coefficient (Wildman–Crippen LogP) is 3.08. The van der Waals surface area contributed by atoms with Gasteiger partial charge in [0, 0.05) is 48.3 Å². The molecule has 0 bridgehead atoms. The van der Waals surface area contributed by atoms with Crippen LogP contribution < -0.4 is 10.6 Å². The van der Waals surface area contributed by atoms with Gasteiger partial charge >= 0.3 is 0 Å². The van der Waals surface area contributed by atoms with E-state index in [1.807, 2.05) is 36.4 Å². The number of hydrogen-bond acceptors (Lipinski definition) is 4. The van der Waals surface area contributed by atoms with Gasteiger partial charge < -0.3 is 15.4 Å².